The van der Waals surface area contributed by atoms with Crippen molar-refractivity contribution in [3.8, 4) is 5.75 Å². The number of anilines is 1. The summed E-state index contributed by atoms with van der Waals surface area (Å²) in [6, 6.07) is 20.8. The first-order valence-electron chi connectivity index (χ1n) is 10.6. The van der Waals surface area contributed by atoms with Gasteiger partial charge in [0.05, 0.1) is 5.92 Å². The molecule has 6 nitrogen and oxygen atoms in total. The smallest absolute Gasteiger partial charge is 0.311 e. The average molecular weight is 498 g/mol. The number of esters is 1. The summed E-state index contributed by atoms with van der Waals surface area (Å²) in [5.41, 5.74) is 1.93. The zero-order chi connectivity index (χ0) is 24.1. The highest BCUT2D eigenvalue weighted by Crippen LogP contribution is 2.28. The van der Waals surface area contributed by atoms with Crippen LogP contribution in [0.2, 0.25) is 10.0 Å². The van der Waals surface area contributed by atoms with Crippen LogP contribution < -0.4 is 9.64 Å². The minimum atomic E-state index is -0.637. The van der Waals surface area contributed by atoms with Crippen LogP contribution in [0.25, 0.3) is 0 Å². The fourth-order valence-electron chi connectivity index (χ4n) is 3.59. The molecule has 8 heteroatoms. The summed E-state index contributed by atoms with van der Waals surface area (Å²) in [4.78, 5) is 38.7. The molecule has 0 spiro atoms. The maximum atomic E-state index is 12.5. The number of halogens is 2. The van der Waals surface area contributed by atoms with E-state index in [-0.39, 0.29) is 31.3 Å². The number of carbonyl (C=O) groups is 3. The van der Waals surface area contributed by atoms with Gasteiger partial charge in [-0.3, -0.25) is 14.4 Å². The number of benzene rings is 3. The van der Waals surface area contributed by atoms with Crippen molar-refractivity contribution in [3.63, 3.8) is 0 Å². The van der Waals surface area contributed by atoms with E-state index in [0.717, 1.165) is 5.56 Å². The maximum absolute atomic E-state index is 12.5. The van der Waals surface area contributed by atoms with Gasteiger partial charge >= 0.3 is 5.97 Å². The van der Waals surface area contributed by atoms with E-state index in [0.29, 0.717) is 33.7 Å². The second kappa shape index (κ2) is 10.7. The lowest BCUT2D eigenvalue weighted by atomic mass is 10.1. The zero-order valence-electron chi connectivity index (χ0n) is 18.1. The molecule has 0 bridgehead atoms. The molecule has 1 aliphatic heterocycles. The van der Waals surface area contributed by atoms with Gasteiger partial charge < -0.3 is 14.4 Å². The Kier molecular flexibility index (Phi) is 7.50. The normalized spacial score (nSPS) is 15.3. The fourth-order valence-corrected chi connectivity index (χ4v) is 3.90. The lowest BCUT2D eigenvalue weighted by Crippen LogP contribution is -2.27. The molecule has 4 rings (SSSR count). The third-order valence-electron chi connectivity index (χ3n) is 5.47. The highest BCUT2D eigenvalue weighted by Gasteiger charge is 2.36. The van der Waals surface area contributed by atoms with Gasteiger partial charge in [0, 0.05) is 39.8 Å². The van der Waals surface area contributed by atoms with Crippen LogP contribution in [0.3, 0.4) is 0 Å². The second-order valence-electron chi connectivity index (χ2n) is 7.82. The van der Waals surface area contributed by atoms with Crippen LogP contribution in [0.4, 0.5) is 5.69 Å². The Bertz CT molecular complexity index is 1190. The maximum Gasteiger partial charge on any atom is 0.311 e. The molecule has 1 saturated heterocycles. The monoisotopic (exact) mass is 497 g/mol. The van der Waals surface area contributed by atoms with Crippen LogP contribution in [-0.2, 0) is 20.9 Å². The molecule has 1 atom stereocenters. The van der Waals surface area contributed by atoms with Crippen molar-refractivity contribution in [2.45, 2.75) is 13.0 Å². The molecule has 0 aliphatic carbocycles. The Balaban J connectivity index is 1.30. The molecule has 0 saturated carbocycles. The van der Waals surface area contributed by atoms with E-state index in [4.69, 9.17) is 32.7 Å². The molecule has 3 aromatic carbocycles. The summed E-state index contributed by atoms with van der Waals surface area (Å²) in [6.45, 7) is 0.125. The van der Waals surface area contributed by atoms with Crippen molar-refractivity contribution in [2.24, 2.45) is 5.92 Å². The van der Waals surface area contributed by atoms with Crippen LogP contribution in [0.5, 0.6) is 5.75 Å². The van der Waals surface area contributed by atoms with Crippen LogP contribution in [0.15, 0.2) is 72.8 Å². The summed E-state index contributed by atoms with van der Waals surface area (Å²) in [5, 5.41) is 1.15. The van der Waals surface area contributed by atoms with Gasteiger partial charge in [-0.1, -0.05) is 41.4 Å². The van der Waals surface area contributed by atoms with Crippen LogP contribution >= 0.6 is 23.2 Å². The fraction of sp³-hybridized carbons (Fsp3) is 0.192. The molecule has 0 radical (unpaired) electrons. The van der Waals surface area contributed by atoms with E-state index in [1.807, 2.05) is 18.2 Å². The topological polar surface area (TPSA) is 72.9 Å². The van der Waals surface area contributed by atoms with Crippen molar-refractivity contribution < 1.29 is 23.9 Å². The number of amides is 1. The minimum absolute atomic E-state index is 0.0265. The first kappa shape index (κ1) is 23.8. The summed E-state index contributed by atoms with van der Waals surface area (Å²) in [7, 11) is 0. The molecule has 3 aromatic rings. The number of nitrogens with zero attached hydrogens (tertiary/aromatic N) is 1. The number of ketones is 1. The first-order chi connectivity index (χ1) is 16.4. The van der Waals surface area contributed by atoms with Gasteiger partial charge in [-0.2, -0.15) is 0 Å². The average Bonchev–Trinajstić information content (AvgIpc) is 3.24. The third kappa shape index (κ3) is 5.76. The molecule has 1 aliphatic rings. The van der Waals surface area contributed by atoms with E-state index >= 15 is 0 Å². The molecule has 0 N–H and O–H groups in total. The van der Waals surface area contributed by atoms with Gasteiger partial charge in [0.1, 0.15) is 12.4 Å². The van der Waals surface area contributed by atoms with Gasteiger partial charge in [-0.15, -0.1) is 0 Å². The van der Waals surface area contributed by atoms with E-state index in [9.17, 15) is 14.4 Å². The van der Waals surface area contributed by atoms with Gasteiger partial charge in [0.25, 0.3) is 0 Å². The lowest BCUT2D eigenvalue weighted by Gasteiger charge is -2.17. The number of ether oxygens (including phenoxy) is 2. The highest BCUT2D eigenvalue weighted by atomic mass is 35.5. The SMILES string of the molecule is O=C(COC(=O)[C@H]1CC(=O)N(c2ccc(OCc3ccccc3Cl)cc2)C1)c1ccc(Cl)cc1. The molecule has 174 valence electrons. The van der Waals surface area contributed by atoms with Crippen molar-refractivity contribution in [1.82, 2.24) is 0 Å². The van der Waals surface area contributed by atoms with Gasteiger partial charge in [0.2, 0.25) is 5.91 Å². The Labute approximate surface area is 207 Å². The summed E-state index contributed by atoms with van der Waals surface area (Å²) >= 11 is 12.0. The predicted molar refractivity (Wildman–Crippen MR) is 129 cm³/mol. The number of hydrogen-bond acceptors (Lipinski definition) is 5. The quantitative estimate of drug-likeness (QED) is 0.309. The van der Waals surface area contributed by atoms with Crippen molar-refractivity contribution in [3.05, 3.63) is 94.0 Å². The van der Waals surface area contributed by atoms with Crippen molar-refractivity contribution in [2.75, 3.05) is 18.1 Å². The first-order valence-corrected chi connectivity index (χ1v) is 11.4. The molecule has 1 amide bonds. The molecular formula is C26H21Cl2NO5. The summed E-state index contributed by atoms with van der Waals surface area (Å²) < 4.78 is 10.9. The van der Waals surface area contributed by atoms with Crippen molar-refractivity contribution >= 4 is 46.5 Å². The predicted octanol–water partition coefficient (Wildman–Crippen LogP) is 5.35. The molecule has 34 heavy (non-hydrogen) atoms. The van der Waals surface area contributed by atoms with E-state index in [1.165, 1.54) is 4.90 Å². The number of hydrogen-bond donors (Lipinski definition) is 0. The molecular weight excluding hydrogens is 477 g/mol. The molecule has 1 heterocycles. The number of carbonyl (C=O) groups excluding carboxylic acids is 3. The minimum Gasteiger partial charge on any atom is -0.489 e. The van der Waals surface area contributed by atoms with Crippen LogP contribution in [0, 0.1) is 5.92 Å². The van der Waals surface area contributed by atoms with E-state index in [1.54, 1.807) is 54.6 Å². The standard InChI is InChI=1S/C26H21Cl2NO5/c27-20-7-5-17(6-8-20)24(30)16-34-26(32)19-13-25(31)29(14-19)21-9-11-22(12-10-21)33-15-18-3-1-2-4-23(18)28/h1-12,19H,13-16H2/t19-/m0/s1. The Hall–Kier alpha value is -3.35. The van der Waals surface area contributed by atoms with Gasteiger partial charge in [-0.25, -0.2) is 0 Å². The Morgan fingerprint density at radius 1 is 0.941 bits per heavy atom. The summed E-state index contributed by atoms with van der Waals surface area (Å²) in [5.74, 6) is -1.10. The van der Waals surface area contributed by atoms with Gasteiger partial charge in [-0.05, 0) is 54.6 Å². The van der Waals surface area contributed by atoms with Crippen LogP contribution in [0.1, 0.15) is 22.3 Å². The number of Topliss-reactive ketones (excluding diaryl/α,β-unsaturated/α-hetero) is 1. The molecule has 1 fully saturated rings. The largest absolute Gasteiger partial charge is 0.489 e. The highest BCUT2D eigenvalue weighted by molar-refractivity contribution is 6.31. The van der Waals surface area contributed by atoms with Crippen molar-refractivity contribution in [1.29, 1.82) is 0 Å². The van der Waals surface area contributed by atoms with Crippen LogP contribution in [-0.4, -0.2) is 30.8 Å². The Morgan fingerprint density at radius 2 is 1.65 bits per heavy atom. The zero-order valence-corrected chi connectivity index (χ0v) is 19.6. The van der Waals surface area contributed by atoms with Gasteiger partial charge in [0.15, 0.2) is 12.4 Å². The third-order valence-corrected chi connectivity index (χ3v) is 6.09. The lowest BCUT2D eigenvalue weighted by molar-refractivity contribution is -0.147. The number of rotatable bonds is 8. The second-order valence-corrected chi connectivity index (χ2v) is 8.66. The van der Waals surface area contributed by atoms with E-state index in [2.05, 4.69) is 0 Å². The Morgan fingerprint density at radius 3 is 2.35 bits per heavy atom. The molecule has 0 unspecified atom stereocenters. The summed E-state index contributed by atoms with van der Waals surface area (Å²) in [6.07, 6.45) is 0.0265. The van der Waals surface area contributed by atoms with E-state index < -0.39 is 11.9 Å². The molecule has 0 aromatic heterocycles.